The Hall–Kier alpha value is -2.45. The maximum Gasteiger partial charge on any atom is 0.241 e. The van der Waals surface area contributed by atoms with Crippen LogP contribution in [-0.4, -0.2) is 71.5 Å². The number of likely N-dealkylation sites (tertiary alicyclic amines) is 2. The minimum absolute atomic E-state index is 0.0992. The van der Waals surface area contributed by atoms with E-state index >= 15 is 0 Å². The molecule has 0 aliphatic carbocycles. The van der Waals surface area contributed by atoms with Crippen LogP contribution in [0.15, 0.2) is 24.3 Å². The van der Waals surface area contributed by atoms with E-state index in [1.54, 1.807) is 4.90 Å². The highest BCUT2D eigenvalue weighted by atomic mass is 16.2. The van der Waals surface area contributed by atoms with E-state index in [0.717, 1.165) is 38.0 Å². The summed E-state index contributed by atoms with van der Waals surface area (Å²) in [6.45, 7) is 5.92. The fraction of sp³-hybridized carbons (Fsp3) is 0.571. The summed E-state index contributed by atoms with van der Waals surface area (Å²) in [5, 5.41) is 18.0. The van der Waals surface area contributed by atoms with Gasteiger partial charge in [-0.15, -0.1) is 0 Å². The van der Waals surface area contributed by atoms with Crippen LogP contribution in [-0.2, 0) is 11.3 Å². The highest BCUT2D eigenvalue weighted by Crippen LogP contribution is 2.31. The molecule has 1 aromatic rings. The number of benzene rings is 1. The Bertz CT molecular complexity index is 782. The van der Waals surface area contributed by atoms with E-state index < -0.39 is 6.04 Å². The number of fused-ring (bicyclic) bond motifs is 2. The van der Waals surface area contributed by atoms with Crippen molar-refractivity contribution in [1.82, 2.24) is 14.7 Å². The van der Waals surface area contributed by atoms with Crippen LogP contribution < -0.4 is 5.73 Å². The standard InChI is InChI=1S/C21H28N6O/c1-2-7-25(8-6-22)21(28)20(24)15-27-14-18-10-19(27)13-26(18)12-17-5-3-4-16(9-17)11-23/h3-5,9,18-20H,2,7-8,10,12-15,24H2,1H3/t18-,19-,20-/m0/s1. The van der Waals surface area contributed by atoms with Crippen molar-refractivity contribution in [2.45, 2.75) is 44.4 Å². The van der Waals surface area contributed by atoms with Crippen molar-refractivity contribution in [2.75, 3.05) is 32.7 Å². The number of carbonyl (C=O) groups is 1. The van der Waals surface area contributed by atoms with Crippen molar-refractivity contribution in [2.24, 2.45) is 5.73 Å². The lowest BCUT2D eigenvalue weighted by molar-refractivity contribution is -0.132. The molecule has 2 fully saturated rings. The molecule has 28 heavy (non-hydrogen) atoms. The Balaban J connectivity index is 1.53. The summed E-state index contributed by atoms with van der Waals surface area (Å²) < 4.78 is 0. The van der Waals surface area contributed by atoms with Crippen molar-refractivity contribution < 1.29 is 4.79 Å². The van der Waals surface area contributed by atoms with Crippen LogP contribution in [0, 0.1) is 22.7 Å². The van der Waals surface area contributed by atoms with Gasteiger partial charge in [0.15, 0.2) is 0 Å². The number of hydrogen-bond donors (Lipinski definition) is 1. The maximum atomic E-state index is 12.6. The molecule has 0 unspecified atom stereocenters. The summed E-state index contributed by atoms with van der Waals surface area (Å²) in [5.41, 5.74) is 8.05. The average molecular weight is 380 g/mol. The van der Waals surface area contributed by atoms with Crippen LogP contribution in [0.5, 0.6) is 0 Å². The van der Waals surface area contributed by atoms with Gasteiger partial charge >= 0.3 is 0 Å². The minimum atomic E-state index is -0.583. The first-order valence-corrected chi connectivity index (χ1v) is 9.94. The first-order valence-electron chi connectivity index (χ1n) is 9.94. The largest absolute Gasteiger partial charge is 0.328 e. The zero-order chi connectivity index (χ0) is 20.1. The lowest BCUT2D eigenvalue weighted by Crippen LogP contribution is -2.54. The number of hydrogen-bond acceptors (Lipinski definition) is 6. The third kappa shape index (κ3) is 4.51. The number of nitriles is 2. The molecule has 2 saturated heterocycles. The summed E-state index contributed by atoms with van der Waals surface area (Å²) in [7, 11) is 0. The zero-order valence-corrected chi connectivity index (χ0v) is 16.4. The van der Waals surface area contributed by atoms with E-state index in [2.05, 4.69) is 28.0 Å². The van der Waals surface area contributed by atoms with E-state index in [9.17, 15) is 4.79 Å². The van der Waals surface area contributed by atoms with E-state index in [1.807, 2.05) is 25.1 Å². The Morgan fingerprint density at radius 2 is 2.07 bits per heavy atom. The molecule has 2 N–H and O–H groups in total. The Morgan fingerprint density at radius 1 is 1.32 bits per heavy atom. The van der Waals surface area contributed by atoms with Crippen molar-refractivity contribution >= 4 is 5.91 Å². The van der Waals surface area contributed by atoms with E-state index in [4.69, 9.17) is 16.3 Å². The van der Waals surface area contributed by atoms with Crippen LogP contribution in [0.1, 0.15) is 30.9 Å². The second kappa shape index (κ2) is 9.16. The van der Waals surface area contributed by atoms with Gasteiger partial charge in [0.05, 0.1) is 23.7 Å². The topological polar surface area (TPSA) is 100 Å². The molecule has 148 valence electrons. The summed E-state index contributed by atoms with van der Waals surface area (Å²) >= 11 is 0. The fourth-order valence-corrected chi connectivity index (χ4v) is 4.41. The zero-order valence-electron chi connectivity index (χ0n) is 16.4. The van der Waals surface area contributed by atoms with E-state index in [1.165, 1.54) is 0 Å². The van der Waals surface area contributed by atoms with Gasteiger partial charge in [0, 0.05) is 44.8 Å². The van der Waals surface area contributed by atoms with Crippen LogP contribution in [0.2, 0.25) is 0 Å². The molecule has 2 bridgehead atoms. The highest BCUT2D eigenvalue weighted by molar-refractivity contribution is 5.82. The van der Waals surface area contributed by atoms with Crippen LogP contribution in [0.25, 0.3) is 0 Å². The van der Waals surface area contributed by atoms with Gasteiger partial charge < -0.3 is 10.6 Å². The number of piperazine rings is 1. The molecule has 0 radical (unpaired) electrons. The minimum Gasteiger partial charge on any atom is -0.328 e. The number of amides is 1. The van der Waals surface area contributed by atoms with E-state index in [0.29, 0.717) is 30.7 Å². The second-order valence-electron chi connectivity index (χ2n) is 7.76. The van der Waals surface area contributed by atoms with Gasteiger partial charge in [0.2, 0.25) is 5.91 Å². The van der Waals surface area contributed by atoms with Gasteiger partial charge in [-0.3, -0.25) is 14.6 Å². The van der Waals surface area contributed by atoms with Crippen molar-refractivity contribution in [3.8, 4) is 12.1 Å². The van der Waals surface area contributed by atoms with Crippen molar-refractivity contribution in [3.05, 3.63) is 35.4 Å². The Kier molecular flexibility index (Phi) is 6.64. The molecular formula is C21H28N6O. The summed E-state index contributed by atoms with van der Waals surface area (Å²) in [6.07, 6.45) is 1.91. The third-order valence-electron chi connectivity index (χ3n) is 5.72. The molecule has 0 aromatic heterocycles. The number of nitrogens with zero attached hydrogens (tertiary/aromatic N) is 5. The van der Waals surface area contributed by atoms with Gasteiger partial charge in [0.1, 0.15) is 6.54 Å². The van der Waals surface area contributed by atoms with Gasteiger partial charge in [0.25, 0.3) is 0 Å². The maximum absolute atomic E-state index is 12.6. The number of rotatable bonds is 8. The second-order valence-corrected chi connectivity index (χ2v) is 7.76. The van der Waals surface area contributed by atoms with Crippen molar-refractivity contribution in [3.63, 3.8) is 0 Å². The van der Waals surface area contributed by atoms with Crippen LogP contribution >= 0.6 is 0 Å². The van der Waals surface area contributed by atoms with Crippen LogP contribution in [0.4, 0.5) is 0 Å². The first-order chi connectivity index (χ1) is 13.5. The molecule has 2 aliphatic heterocycles. The predicted octanol–water partition coefficient (Wildman–Crippen LogP) is 0.906. The predicted molar refractivity (Wildman–Crippen MR) is 106 cm³/mol. The number of carbonyl (C=O) groups excluding carboxylic acids is 1. The molecular weight excluding hydrogens is 352 g/mol. The first kappa shape index (κ1) is 20.3. The molecule has 7 nitrogen and oxygen atoms in total. The van der Waals surface area contributed by atoms with Gasteiger partial charge in [-0.05, 0) is 30.5 Å². The number of nitrogens with two attached hydrogens (primary N) is 1. The molecule has 3 atom stereocenters. The average Bonchev–Trinajstić information content (AvgIpc) is 3.27. The molecule has 0 spiro atoms. The summed E-state index contributed by atoms with van der Waals surface area (Å²) in [5.74, 6) is -0.128. The van der Waals surface area contributed by atoms with Gasteiger partial charge in [-0.2, -0.15) is 10.5 Å². The van der Waals surface area contributed by atoms with Crippen molar-refractivity contribution in [1.29, 1.82) is 10.5 Å². The Morgan fingerprint density at radius 3 is 2.71 bits per heavy atom. The normalized spacial score (nSPS) is 22.6. The van der Waals surface area contributed by atoms with Crippen LogP contribution in [0.3, 0.4) is 0 Å². The van der Waals surface area contributed by atoms with E-state index in [-0.39, 0.29) is 12.5 Å². The smallest absolute Gasteiger partial charge is 0.241 e. The highest BCUT2D eigenvalue weighted by Gasteiger charge is 2.43. The Labute approximate surface area is 166 Å². The molecule has 7 heteroatoms. The molecule has 2 heterocycles. The summed E-state index contributed by atoms with van der Waals surface area (Å²) in [4.78, 5) is 18.9. The lowest BCUT2D eigenvalue weighted by atomic mass is 10.1. The summed E-state index contributed by atoms with van der Waals surface area (Å²) in [6, 6.07) is 12.3. The lowest BCUT2D eigenvalue weighted by Gasteiger charge is -2.35. The molecule has 2 aliphatic rings. The fourth-order valence-electron chi connectivity index (χ4n) is 4.41. The monoisotopic (exact) mass is 380 g/mol. The van der Waals surface area contributed by atoms with Gasteiger partial charge in [-0.1, -0.05) is 19.1 Å². The third-order valence-corrected chi connectivity index (χ3v) is 5.72. The molecule has 0 saturated carbocycles. The van der Waals surface area contributed by atoms with Gasteiger partial charge in [-0.25, -0.2) is 0 Å². The molecule has 3 rings (SSSR count). The quantitative estimate of drug-likeness (QED) is 0.673. The SMILES string of the molecule is CCCN(CC#N)C(=O)[C@@H](N)CN1C[C@@H]2C[C@H]1CN2Cc1cccc(C#N)c1. The molecule has 1 aromatic carbocycles. The molecule has 1 amide bonds.